The van der Waals surface area contributed by atoms with Gasteiger partial charge in [0.15, 0.2) is 6.61 Å². The van der Waals surface area contributed by atoms with E-state index in [1.807, 2.05) is 42.5 Å². The summed E-state index contributed by atoms with van der Waals surface area (Å²) in [7, 11) is 0. The minimum Gasteiger partial charge on any atom is -0.455 e. The van der Waals surface area contributed by atoms with Crippen molar-refractivity contribution in [1.29, 1.82) is 0 Å². The predicted molar refractivity (Wildman–Crippen MR) is 112 cm³/mol. The molecule has 2 amide bonds. The summed E-state index contributed by atoms with van der Waals surface area (Å²) in [6, 6.07) is 13.5. The monoisotopic (exact) mass is 408 g/mol. The van der Waals surface area contributed by atoms with E-state index in [9.17, 15) is 14.4 Å². The molecule has 148 valence electrons. The Morgan fingerprint density at radius 2 is 1.86 bits per heavy atom. The van der Waals surface area contributed by atoms with Gasteiger partial charge in [0.2, 0.25) is 0 Å². The lowest BCUT2D eigenvalue weighted by Gasteiger charge is -2.08. The van der Waals surface area contributed by atoms with Crippen molar-refractivity contribution in [2.24, 2.45) is 5.73 Å². The second-order valence-electron chi connectivity index (χ2n) is 6.95. The average Bonchev–Trinajstić information content (AvgIpc) is 3.27. The lowest BCUT2D eigenvalue weighted by atomic mass is 10.0. The van der Waals surface area contributed by atoms with E-state index in [2.05, 4.69) is 5.32 Å². The van der Waals surface area contributed by atoms with Gasteiger partial charge in [0, 0.05) is 4.88 Å². The van der Waals surface area contributed by atoms with Gasteiger partial charge < -0.3 is 15.8 Å². The third-order valence-corrected chi connectivity index (χ3v) is 6.21. The maximum atomic E-state index is 12.2. The number of nitrogens with two attached hydrogens (primary N) is 1. The van der Waals surface area contributed by atoms with Gasteiger partial charge >= 0.3 is 5.97 Å². The maximum Gasteiger partial charge on any atom is 0.310 e. The number of esters is 1. The highest BCUT2D eigenvalue weighted by molar-refractivity contribution is 7.17. The minimum atomic E-state index is -0.548. The van der Waals surface area contributed by atoms with Crippen LogP contribution in [-0.4, -0.2) is 24.4 Å². The Morgan fingerprint density at radius 1 is 1.07 bits per heavy atom. The molecule has 1 heterocycles. The molecule has 0 unspecified atom stereocenters. The summed E-state index contributed by atoms with van der Waals surface area (Å²) < 4.78 is 5.14. The molecule has 3 aromatic rings. The van der Waals surface area contributed by atoms with E-state index in [0.717, 1.165) is 46.0 Å². The molecular weight excluding hydrogens is 388 g/mol. The molecule has 7 heteroatoms. The van der Waals surface area contributed by atoms with Crippen molar-refractivity contribution >= 4 is 44.9 Å². The number of fused-ring (bicyclic) bond motifs is 2. The number of hydrogen-bond donors (Lipinski definition) is 2. The van der Waals surface area contributed by atoms with Crippen LogP contribution >= 0.6 is 11.3 Å². The number of rotatable bonds is 6. The largest absolute Gasteiger partial charge is 0.455 e. The molecule has 2 aromatic carbocycles. The summed E-state index contributed by atoms with van der Waals surface area (Å²) in [5.41, 5.74) is 7.66. The van der Waals surface area contributed by atoms with E-state index < -0.39 is 24.4 Å². The zero-order valence-corrected chi connectivity index (χ0v) is 16.5. The van der Waals surface area contributed by atoms with Crippen LogP contribution in [-0.2, 0) is 33.6 Å². The first-order valence-electron chi connectivity index (χ1n) is 9.39. The summed E-state index contributed by atoms with van der Waals surface area (Å²) in [5.74, 6) is -1.52. The number of thiophene rings is 1. The Bertz CT molecular complexity index is 1110. The third kappa shape index (κ3) is 4.00. The number of nitrogens with one attached hydrogen (secondary N) is 1. The van der Waals surface area contributed by atoms with Crippen LogP contribution in [0.5, 0.6) is 0 Å². The normalized spacial score (nSPS) is 12.6. The van der Waals surface area contributed by atoms with Gasteiger partial charge in [0.1, 0.15) is 5.00 Å². The van der Waals surface area contributed by atoms with Gasteiger partial charge in [-0.3, -0.25) is 14.4 Å². The molecule has 0 fully saturated rings. The first-order valence-corrected chi connectivity index (χ1v) is 10.2. The fraction of sp³-hybridized carbons (Fsp3) is 0.227. The van der Waals surface area contributed by atoms with Crippen LogP contribution in [0.25, 0.3) is 10.8 Å². The van der Waals surface area contributed by atoms with Gasteiger partial charge in [0.25, 0.3) is 11.8 Å². The number of primary amides is 1. The number of carbonyl (C=O) groups is 3. The topological polar surface area (TPSA) is 98.5 Å². The van der Waals surface area contributed by atoms with Crippen molar-refractivity contribution in [3.05, 3.63) is 64.0 Å². The first-order chi connectivity index (χ1) is 14.0. The summed E-state index contributed by atoms with van der Waals surface area (Å²) in [6.45, 7) is -0.412. The number of ether oxygens (including phenoxy) is 1. The molecule has 6 nitrogen and oxygen atoms in total. The maximum absolute atomic E-state index is 12.2. The SMILES string of the molecule is NC(=O)c1c(NC(=O)COC(=O)Cc2cccc3ccccc23)sc2c1CCC2. The second kappa shape index (κ2) is 8.05. The summed E-state index contributed by atoms with van der Waals surface area (Å²) in [4.78, 5) is 37.4. The highest BCUT2D eigenvalue weighted by Gasteiger charge is 2.26. The lowest BCUT2D eigenvalue weighted by Crippen LogP contribution is -2.23. The number of hydrogen-bond acceptors (Lipinski definition) is 5. The van der Waals surface area contributed by atoms with Crippen molar-refractivity contribution in [3.63, 3.8) is 0 Å². The van der Waals surface area contributed by atoms with E-state index >= 15 is 0 Å². The molecule has 4 rings (SSSR count). The predicted octanol–water partition coefficient (Wildman–Crippen LogP) is 3.21. The zero-order chi connectivity index (χ0) is 20.4. The molecule has 0 atom stereocenters. The van der Waals surface area contributed by atoms with Crippen molar-refractivity contribution in [2.45, 2.75) is 25.7 Å². The Balaban J connectivity index is 1.38. The molecule has 1 aliphatic carbocycles. The van der Waals surface area contributed by atoms with E-state index in [1.54, 1.807) is 0 Å². The second-order valence-corrected chi connectivity index (χ2v) is 8.05. The Morgan fingerprint density at radius 3 is 2.69 bits per heavy atom. The Labute approximate surface area is 171 Å². The van der Waals surface area contributed by atoms with Crippen LogP contribution in [0.15, 0.2) is 42.5 Å². The lowest BCUT2D eigenvalue weighted by molar-refractivity contribution is -0.146. The van der Waals surface area contributed by atoms with Crippen LogP contribution in [0.3, 0.4) is 0 Å². The first kappa shape index (κ1) is 19.1. The highest BCUT2D eigenvalue weighted by atomic mass is 32.1. The number of carbonyl (C=O) groups excluding carboxylic acids is 3. The smallest absolute Gasteiger partial charge is 0.310 e. The molecule has 0 bridgehead atoms. The van der Waals surface area contributed by atoms with E-state index in [-0.39, 0.29) is 6.42 Å². The van der Waals surface area contributed by atoms with E-state index in [0.29, 0.717) is 10.6 Å². The zero-order valence-electron chi connectivity index (χ0n) is 15.7. The Kier molecular flexibility index (Phi) is 5.31. The van der Waals surface area contributed by atoms with Crippen LogP contribution in [0, 0.1) is 0 Å². The molecule has 3 N–H and O–H groups in total. The summed E-state index contributed by atoms with van der Waals surface area (Å²) >= 11 is 1.37. The van der Waals surface area contributed by atoms with Crippen LogP contribution in [0.1, 0.15) is 32.8 Å². The van der Waals surface area contributed by atoms with E-state index in [1.165, 1.54) is 11.3 Å². The molecule has 0 aliphatic heterocycles. The standard InChI is InChI=1S/C22H20N2O4S/c23-21(27)20-16-9-4-10-17(16)29-22(20)24-18(25)12-28-19(26)11-14-7-3-6-13-5-1-2-8-15(13)14/h1-3,5-8H,4,9-12H2,(H2,23,27)(H,24,25). The summed E-state index contributed by atoms with van der Waals surface area (Å²) in [5, 5.41) is 5.14. The van der Waals surface area contributed by atoms with E-state index in [4.69, 9.17) is 10.5 Å². The number of anilines is 1. The molecule has 1 aromatic heterocycles. The fourth-order valence-electron chi connectivity index (χ4n) is 3.71. The van der Waals surface area contributed by atoms with Gasteiger partial charge in [0.05, 0.1) is 12.0 Å². The van der Waals surface area contributed by atoms with Gasteiger partial charge in [-0.05, 0) is 41.2 Å². The Hall–Kier alpha value is -3.19. The number of aryl methyl sites for hydroxylation is 1. The van der Waals surface area contributed by atoms with Crippen molar-refractivity contribution in [1.82, 2.24) is 0 Å². The third-order valence-electron chi connectivity index (χ3n) is 5.00. The molecule has 0 radical (unpaired) electrons. The van der Waals surface area contributed by atoms with Gasteiger partial charge in [-0.1, -0.05) is 42.5 Å². The molecule has 29 heavy (non-hydrogen) atoms. The van der Waals surface area contributed by atoms with Crippen LogP contribution < -0.4 is 11.1 Å². The van der Waals surface area contributed by atoms with Gasteiger partial charge in [-0.25, -0.2) is 0 Å². The van der Waals surface area contributed by atoms with Crippen LogP contribution in [0.4, 0.5) is 5.00 Å². The van der Waals surface area contributed by atoms with Crippen molar-refractivity contribution in [3.8, 4) is 0 Å². The van der Waals surface area contributed by atoms with Crippen LogP contribution in [0.2, 0.25) is 0 Å². The van der Waals surface area contributed by atoms with Crippen molar-refractivity contribution in [2.75, 3.05) is 11.9 Å². The molecule has 0 spiro atoms. The number of benzene rings is 2. The molecule has 0 saturated heterocycles. The van der Waals surface area contributed by atoms with Gasteiger partial charge in [-0.15, -0.1) is 11.3 Å². The molecular formula is C22H20N2O4S. The number of amides is 2. The fourth-order valence-corrected chi connectivity index (χ4v) is 5.03. The molecule has 1 aliphatic rings. The highest BCUT2D eigenvalue weighted by Crippen LogP contribution is 2.38. The average molecular weight is 408 g/mol. The van der Waals surface area contributed by atoms with Gasteiger partial charge in [-0.2, -0.15) is 0 Å². The molecule has 0 saturated carbocycles. The summed E-state index contributed by atoms with van der Waals surface area (Å²) in [6.07, 6.45) is 2.74. The quantitative estimate of drug-likeness (QED) is 0.612. The minimum absolute atomic E-state index is 0.0778. The van der Waals surface area contributed by atoms with Crippen molar-refractivity contribution < 1.29 is 19.1 Å².